The maximum atomic E-state index is 11.6. The van der Waals surface area contributed by atoms with Gasteiger partial charge in [0.25, 0.3) is 5.91 Å². The molecule has 5 nitrogen and oxygen atoms in total. The quantitative estimate of drug-likeness (QED) is 0.788. The number of benzene rings is 1. The van der Waals surface area contributed by atoms with Crippen molar-refractivity contribution in [3.05, 3.63) is 29.8 Å². The Morgan fingerprint density at radius 2 is 1.84 bits per heavy atom. The molecule has 0 aliphatic carbocycles. The van der Waals surface area contributed by atoms with Gasteiger partial charge >= 0.3 is 5.97 Å². The third-order valence-corrected chi connectivity index (χ3v) is 2.80. The number of amides is 1. The Bertz CT molecular complexity index is 441. The standard InChI is InChI=1S/C14H19NO4/c1-3-15(4-2)13(17)10-19-14(18)9-11-7-5-6-8-12(11)16/h5-8,16H,3-4,9-10H2,1-2H3. The van der Waals surface area contributed by atoms with Crippen LogP contribution in [0, 0.1) is 0 Å². The Balaban J connectivity index is 2.44. The second-order valence-electron chi connectivity index (χ2n) is 4.03. The molecule has 0 heterocycles. The molecule has 0 atom stereocenters. The fourth-order valence-electron chi connectivity index (χ4n) is 1.68. The van der Waals surface area contributed by atoms with E-state index in [-0.39, 0.29) is 24.7 Å². The van der Waals surface area contributed by atoms with Crippen LogP contribution in [0.2, 0.25) is 0 Å². The maximum Gasteiger partial charge on any atom is 0.310 e. The van der Waals surface area contributed by atoms with Crippen molar-refractivity contribution in [2.75, 3.05) is 19.7 Å². The molecule has 19 heavy (non-hydrogen) atoms. The molecule has 1 aromatic carbocycles. The smallest absolute Gasteiger partial charge is 0.310 e. The minimum atomic E-state index is -0.526. The first-order chi connectivity index (χ1) is 9.08. The number of hydrogen-bond acceptors (Lipinski definition) is 4. The van der Waals surface area contributed by atoms with Crippen molar-refractivity contribution in [3.63, 3.8) is 0 Å². The van der Waals surface area contributed by atoms with Gasteiger partial charge < -0.3 is 14.7 Å². The number of phenolic OH excluding ortho intramolecular Hbond substituents is 1. The summed E-state index contributed by atoms with van der Waals surface area (Å²) in [6.07, 6.45) is -0.0434. The summed E-state index contributed by atoms with van der Waals surface area (Å²) in [5.74, 6) is -0.688. The van der Waals surface area contributed by atoms with Gasteiger partial charge in [0.05, 0.1) is 6.42 Å². The molecule has 5 heteroatoms. The zero-order chi connectivity index (χ0) is 14.3. The van der Waals surface area contributed by atoms with Gasteiger partial charge in [0.2, 0.25) is 0 Å². The largest absolute Gasteiger partial charge is 0.508 e. The third-order valence-electron chi connectivity index (χ3n) is 2.80. The van der Waals surface area contributed by atoms with Gasteiger partial charge in [0.1, 0.15) is 5.75 Å². The Hall–Kier alpha value is -2.04. The summed E-state index contributed by atoms with van der Waals surface area (Å²) >= 11 is 0. The van der Waals surface area contributed by atoms with E-state index in [0.717, 1.165) is 0 Å². The zero-order valence-electron chi connectivity index (χ0n) is 11.3. The van der Waals surface area contributed by atoms with Crippen LogP contribution in [-0.4, -0.2) is 41.6 Å². The number of rotatable bonds is 6. The van der Waals surface area contributed by atoms with E-state index in [2.05, 4.69) is 0 Å². The van der Waals surface area contributed by atoms with Crippen molar-refractivity contribution in [1.29, 1.82) is 0 Å². The minimum Gasteiger partial charge on any atom is -0.508 e. The van der Waals surface area contributed by atoms with E-state index in [1.54, 1.807) is 23.1 Å². The monoisotopic (exact) mass is 265 g/mol. The number of aromatic hydroxyl groups is 1. The highest BCUT2D eigenvalue weighted by Crippen LogP contribution is 2.16. The van der Waals surface area contributed by atoms with Crippen molar-refractivity contribution in [1.82, 2.24) is 4.90 Å². The normalized spacial score (nSPS) is 10.0. The zero-order valence-corrected chi connectivity index (χ0v) is 11.3. The van der Waals surface area contributed by atoms with Gasteiger partial charge in [-0.25, -0.2) is 0 Å². The van der Waals surface area contributed by atoms with Crippen LogP contribution < -0.4 is 0 Å². The van der Waals surface area contributed by atoms with Crippen molar-refractivity contribution in [2.24, 2.45) is 0 Å². The molecule has 0 saturated heterocycles. The molecule has 0 aliphatic heterocycles. The number of hydrogen-bond donors (Lipinski definition) is 1. The topological polar surface area (TPSA) is 66.8 Å². The molecule has 104 valence electrons. The molecule has 1 aromatic rings. The summed E-state index contributed by atoms with van der Waals surface area (Å²) in [5, 5.41) is 9.52. The molecule has 0 saturated carbocycles. The lowest BCUT2D eigenvalue weighted by atomic mass is 10.1. The lowest BCUT2D eigenvalue weighted by molar-refractivity contribution is -0.151. The second kappa shape index (κ2) is 7.41. The lowest BCUT2D eigenvalue weighted by Gasteiger charge is -2.18. The number of ether oxygens (including phenoxy) is 1. The molecule has 0 unspecified atom stereocenters. The number of esters is 1. The molecule has 0 fully saturated rings. The SMILES string of the molecule is CCN(CC)C(=O)COC(=O)Cc1ccccc1O. The molecule has 0 spiro atoms. The molecular formula is C14H19NO4. The molecule has 0 radical (unpaired) electrons. The van der Waals surface area contributed by atoms with Crippen LogP contribution in [0.25, 0.3) is 0 Å². The fraction of sp³-hybridized carbons (Fsp3) is 0.429. The van der Waals surface area contributed by atoms with E-state index in [1.807, 2.05) is 13.8 Å². The highest BCUT2D eigenvalue weighted by atomic mass is 16.5. The Labute approximate surface area is 112 Å². The van der Waals surface area contributed by atoms with Gasteiger partial charge in [-0.3, -0.25) is 9.59 Å². The third kappa shape index (κ3) is 4.62. The average molecular weight is 265 g/mol. The minimum absolute atomic E-state index is 0.0434. The van der Waals surface area contributed by atoms with E-state index in [1.165, 1.54) is 6.07 Å². The molecule has 0 bridgehead atoms. The van der Waals surface area contributed by atoms with E-state index in [9.17, 15) is 14.7 Å². The van der Waals surface area contributed by atoms with Gasteiger partial charge in [-0.1, -0.05) is 18.2 Å². The predicted octanol–water partition coefficient (Wildman–Crippen LogP) is 1.35. The first-order valence-electron chi connectivity index (χ1n) is 6.28. The van der Waals surface area contributed by atoms with Crippen LogP contribution in [0.3, 0.4) is 0 Å². The van der Waals surface area contributed by atoms with Crippen molar-refractivity contribution in [3.8, 4) is 5.75 Å². The maximum absolute atomic E-state index is 11.6. The number of carbonyl (C=O) groups excluding carboxylic acids is 2. The Morgan fingerprint density at radius 1 is 1.21 bits per heavy atom. The van der Waals surface area contributed by atoms with Crippen molar-refractivity contribution >= 4 is 11.9 Å². The summed E-state index contributed by atoms with van der Waals surface area (Å²) in [5.41, 5.74) is 0.489. The van der Waals surface area contributed by atoms with Gasteiger partial charge in [-0.2, -0.15) is 0 Å². The highest BCUT2D eigenvalue weighted by Gasteiger charge is 2.13. The Morgan fingerprint density at radius 3 is 2.42 bits per heavy atom. The van der Waals surface area contributed by atoms with Crippen LogP contribution in [0.5, 0.6) is 5.75 Å². The van der Waals surface area contributed by atoms with E-state index >= 15 is 0 Å². The summed E-state index contributed by atoms with van der Waals surface area (Å²) < 4.78 is 4.91. The molecule has 1 amide bonds. The number of para-hydroxylation sites is 1. The summed E-state index contributed by atoms with van der Waals surface area (Å²) in [7, 11) is 0. The van der Waals surface area contributed by atoms with Crippen LogP contribution in [0.4, 0.5) is 0 Å². The number of phenols is 1. The predicted molar refractivity (Wildman–Crippen MR) is 70.7 cm³/mol. The van der Waals surface area contributed by atoms with Gasteiger partial charge in [-0.05, 0) is 19.9 Å². The van der Waals surface area contributed by atoms with Gasteiger partial charge in [0.15, 0.2) is 6.61 Å². The van der Waals surface area contributed by atoms with Crippen LogP contribution >= 0.6 is 0 Å². The van der Waals surface area contributed by atoms with E-state index < -0.39 is 5.97 Å². The number of likely N-dealkylation sites (N-methyl/N-ethyl adjacent to an activating group) is 1. The van der Waals surface area contributed by atoms with Crippen LogP contribution in [0.1, 0.15) is 19.4 Å². The van der Waals surface area contributed by atoms with E-state index in [0.29, 0.717) is 18.7 Å². The summed E-state index contributed by atoms with van der Waals surface area (Å²) in [6, 6.07) is 6.55. The van der Waals surface area contributed by atoms with E-state index in [4.69, 9.17) is 4.74 Å². The molecule has 1 rings (SSSR count). The van der Waals surface area contributed by atoms with Crippen LogP contribution in [-0.2, 0) is 20.7 Å². The number of nitrogens with zero attached hydrogens (tertiary/aromatic N) is 1. The number of carbonyl (C=O) groups is 2. The van der Waals surface area contributed by atoms with Crippen LogP contribution in [0.15, 0.2) is 24.3 Å². The second-order valence-corrected chi connectivity index (χ2v) is 4.03. The molecule has 0 aliphatic rings. The summed E-state index contributed by atoms with van der Waals surface area (Å²) in [4.78, 5) is 24.8. The first-order valence-corrected chi connectivity index (χ1v) is 6.28. The fourth-order valence-corrected chi connectivity index (χ4v) is 1.68. The van der Waals surface area contributed by atoms with Crippen molar-refractivity contribution < 1.29 is 19.4 Å². The first kappa shape index (κ1) is 15.0. The Kier molecular flexibility index (Phi) is 5.85. The molecule has 0 aromatic heterocycles. The summed E-state index contributed by atoms with van der Waals surface area (Å²) in [6.45, 7) is 4.66. The van der Waals surface area contributed by atoms with Crippen molar-refractivity contribution in [2.45, 2.75) is 20.3 Å². The highest BCUT2D eigenvalue weighted by molar-refractivity contribution is 5.81. The molecule has 1 N–H and O–H groups in total. The molecular weight excluding hydrogens is 246 g/mol. The average Bonchev–Trinajstić information content (AvgIpc) is 2.40. The van der Waals surface area contributed by atoms with Gasteiger partial charge in [-0.15, -0.1) is 0 Å². The van der Waals surface area contributed by atoms with Gasteiger partial charge in [0, 0.05) is 18.7 Å². The lowest BCUT2D eigenvalue weighted by Crippen LogP contribution is -2.34.